The van der Waals surface area contributed by atoms with Crippen LogP contribution >= 0.6 is 23.1 Å². The Hall–Kier alpha value is -1.58. The van der Waals surface area contributed by atoms with E-state index in [2.05, 4.69) is 10.2 Å². The van der Waals surface area contributed by atoms with Crippen molar-refractivity contribution in [1.29, 1.82) is 0 Å². The van der Waals surface area contributed by atoms with E-state index in [9.17, 15) is 13.6 Å². The number of ether oxygens (including phenoxy) is 1. The Morgan fingerprint density at radius 2 is 1.96 bits per heavy atom. The summed E-state index contributed by atoms with van der Waals surface area (Å²) in [4.78, 5) is 13.2. The minimum Gasteiger partial charge on any atom is -0.372 e. The van der Waals surface area contributed by atoms with E-state index in [0.717, 1.165) is 11.3 Å². The predicted molar refractivity (Wildman–Crippen MR) is 94.7 cm³/mol. The van der Waals surface area contributed by atoms with E-state index < -0.39 is 11.6 Å². The second-order valence-electron chi connectivity index (χ2n) is 5.85. The number of thioether (sulfide) groups is 1. The van der Waals surface area contributed by atoms with Crippen molar-refractivity contribution in [2.45, 2.75) is 30.4 Å². The lowest BCUT2D eigenvalue weighted by atomic mass is 10.1. The van der Waals surface area contributed by atoms with E-state index in [1.807, 2.05) is 20.1 Å². The van der Waals surface area contributed by atoms with Crippen molar-refractivity contribution in [2.75, 3.05) is 24.2 Å². The number of aldehydes is 1. The van der Waals surface area contributed by atoms with Crippen LogP contribution in [0.15, 0.2) is 10.4 Å². The van der Waals surface area contributed by atoms with Gasteiger partial charge in [0.15, 0.2) is 27.3 Å². The molecule has 0 N–H and O–H groups in total. The molecule has 0 spiro atoms. The van der Waals surface area contributed by atoms with Crippen LogP contribution in [-0.2, 0) is 4.74 Å². The highest BCUT2D eigenvalue weighted by Crippen LogP contribution is 2.36. The van der Waals surface area contributed by atoms with E-state index in [4.69, 9.17) is 4.74 Å². The summed E-state index contributed by atoms with van der Waals surface area (Å²) in [6, 6.07) is 1.34. The molecule has 2 atom stereocenters. The van der Waals surface area contributed by atoms with Crippen molar-refractivity contribution in [3.8, 4) is 10.6 Å². The fourth-order valence-corrected chi connectivity index (χ4v) is 4.24. The summed E-state index contributed by atoms with van der Waals surface area (Å²) in [5, 5.41) is 8.04. The van der Waals surface area contributed by atoms with Crippen LogP contribution in [0.2, 0.25) is 0 Å². The third kappa shape index (κ3) is 3.54. The van der Waals surface area contributed by atoms with Crippen LogP contribution in [0.4, 0.5) is 14.5 Å². The Labute approximate surface area is 152 Å². The largest absolute Gasteiger partial charge is 0.372 e. The first-order chi connectivity index (χ1) is 11.9. The third-order valence-electron chi connectivity index (χ3n) is 3.88. The fourth-order valence-electron chi connectivity index (χ4n) is 2.96. The zero-order valence-corrected chi connectivity index (χ0v) is 15.6. The number of benzene rings is 1. The number of hydrogen-bond donors (Lipinski definition) is 0. The molecule has 2 heterocycles. The second-order valence-corrected chi connectivity index (χ2v) is 7.88. The molecule has 0 amide bonds. The van der Waals surface area contributed by atoms with Gasteiger partial charge in [-0.3, -0.25) is 4.79 Å². The SMILES string of the molecule is CSc1nnc(-c2cc(C=O)c(N3CC(C)OC(C)C3)c(F)c2F)s1. The van der Waals surface area contributed by atoms with Crippen molar-refractivity contribution < 1.29 is 18.3 Å². The number of rotatable bonds is 4. The number of carbonyl (C=O) groups is 1. The van der Waals surface area contributed by atoms with Crippen LogP contribution in [0.25, 0.3) is 10.6 Å². The van der Waals surface area contributed by atoms with Gasteiger partial charge in [-0.15, -0.1) is 10.2 Å². The molecular weight excluding hydrogens is 368 g/mol. The molecule has 0 radical (unpaired) electrons. The smallest absolute Gasteiger partial charge is 0.183 e. The number of morpholine rings is 1. The van der Waals surface area contributed by atoms with Crippen LogP contribution in [0, 0.1) is 11.6 Å². The van der Waals surface area contributed by atoms with E-state index in [-0.39, 0.29) is 34.0 Å². The average Bonchev–Trinajstić information content (AvgIpc) is 3.05. The Balaban J connectivity index is 2.08. The molecule has 1 aliphatic heterocycles. The van der Waals surface area contributed by atoms with Crippen LogP contribution in [0.5, 0.6) is 0 Å². The number of carbonyl (C=O) groups excluding carboxylic acids is 1. The molecule has 9 heteroatoms. The van der Waals surface area contributed by atoms with Crippen molar-refractivity contribution >= 4 is 35.1 Å². The number of anilines is 1. The van der Waals surface area contributed by atoms with E-state index in [1.54, 1.807) is 4.90 Å². The molecule has 5 nitrogen and oxygen atoms in total. The molecule has 0 saturated carbocycles. The quantitative estimate of drug-likeness (QED) is 0.592. The third-order valence-corrected chi connectivity index (χ3v) is 5.82. The first kappa shape index (κ1) is 18.2. The topological polar surface area (TPSA) is 55.3 Å². The summed E-state index contributed by atoms with van der Waals surface area (Å²) in [5.74, 6) is -2.06. The van der Waals surface area contributed by atoms with Gasteiger partial charge in [0.1, 0.15) is 0 Å². The molecule has 1 aromatic heterocycles. The van der Waals surface area contributed by atoms with E-state index in [1.165, 1.54) is 17.8 Å². The molecule has 3 rings (SSSR count). The molecule has 1 fully saturated rings. The minimum atomic E-state index is -1.04. The van der Waals surface area contributed by atoms with Gasteiger partial charge < -0.3 is 9.64 Å². The van der Waals surface area contributed by atoms with Crippen molar-refractivity contribution in [1.82, 2.24) is 10.2 Å². The summed E-state index contributed by atoms with van der Waals surface area (Å²) in [6.07, 6.45) is 2.08. The Morgan fingerprint density at radius 1 is 1.28 bits per heavy atom. The van der Waals surface area contributed by atoms with Crippen molar-refractivity contribution in [3.05, 3.63) is 23.3 Å². The summed E-state index contributed by atoms with van der Waals surface area (Å²) in [7, 11) is 0. The lowest BCUT2D eigenvalue weighted by molar-refractivity contribution is -0.00546. The molecule has 1 aromatic carbocycles. The summed E-state index contributed by atoms with van der Waals surface area (Å²) >= 11 is 2.52. The first-order valence-electron chi connectivity index (χ1n) is 7.70. The second kappa shape index (κ2) is 7.35. The van der Waals surface area contributed by atoms with Gasteiger partial charge in [0, 0.05) is 18.7 Å². The van der Waals surface area contributed by atoms with Gasteiger partial charge in [-0.2, -0.15) is 0 Å². The Morgan fingerprint density at radius 3 is 2.52 bits per heavy atom. The number of hydrogen-bond acceptors (Lipinski definition) is 7. The molecule has 25 heavy (non-hydrogen) atoms. The highest BCUT2D eigenvalue weighted by Gasteiger charge is 2.29. The molecule has 0 aliphatic carbocycles. The molecule has 1 saturated heterocycles. The van der Waals surface area contributed by atoms with Crippen LogP contribution in [0.1, 0.15) is 24.2 Å². The molecule has 2 aromatic rings. The van der Waals surface area contributed by atoms with Gasteiger partial charge in [0.2, 0.25) is 0 Å². The van der Waals surface area contributed by atoms with Crippen molar-refractivity contribution in [3.63, 3.8) is 0 Å². The van der Waals surface area contributed by atoms with E-state index >= 15 is 0 Å². The highest BCUT2D eigenvalue weighted by molar-refractivity contribution is 8.00. The van der Waals surface area contributed by atoms with Gasteiger partial charge in [0.05, 0.1) is 23.5 Å². The molecule has 0 bridgehead atoms. The Bertz CT molecular complexity index is 790. The summed E-state index contributed by atoms with van der Waals surface area (Å²) < 4.78 is 35.8. The molecular formula is C16H17F2N3O2S2. The van der Waals surface area contributed by atoms with Gasteiger partial charge >= 0.3 is 0 Å². The minimum absolute atomic E-state index is 0.0205. The monoisotopic (exact) mass is 385 g/mol. The first-order valence-corrected chi connectivity index (χ1v) is 9.74. The molecule has 2 unspecified atom stereocenters. The zero-order chi connectivity index (χ0) is 18.1. The van der Waals surface area contributed by atoms with Crippen molar-refractivity contribution in [2.24, 2.45) is 0 Å². The van der Waals surface area contributed by atoms with Crippen LogP contribution in [-0.4, -0.2) is 48.0 Å². The Kier molecular flexibility index (Phi) is 5.35. The summed E-state index contributed by atoms with van der Waals surface area (Å²) in [5.41, 5.74) is 0.0273. The molecule has 134 valence electrons. The number of aromatic nitrogens is 2. The lowest BCUT2D eigenvalue weighted by Crippen LogP contribution is -2.46. The van der Waals surface area contributed by atoms with Crippen LogP contribution in [0.3, 0.4) is 0 Å². The lowest BCUT2D eigenvalue weighted by Gasteiger charge is -2.37. The fraction of sp³-hybridized carbons (Fsp3) is 0.438. The van der Waals surface area contributed by atoms with Gasteiger partial charge in [-0.25, -0.2) is 8.78 Å². The maximum atomic E-state index is 14.9. The number of nitrogens with zero attached hydrogens (tertiary/aromatic N) is 3. The maximum Gasteiger partial charge on any atom is 0.183 e. The average molecular weight is 385 g/mol. The maximum absolute atomic E-state index is 14.9. The highest BCUT2D eigenvalue weighted by atomic mass is 32.2. The van der Waals surface area contributed by atoms with E-state index in [0.29, 0.717) is 23.7 Å². The summed E-state index contributed by atoms with van der Waals surface area (Å²) in [6.45, 7) is 4.49. The van der Waals surface area contributed by atoms with Crippen LogP contribution < -0.4 is 4.90 Å². The molecule has 1 aliphatic rings. The predicted octanol–water partition coefficient (Wildman–Crippen LogP) is 3.63. The zero-order valence-electron chi connectivity index (χ0n) is 14.0. The van der Waals surface area contributed by atoms with Gasteiger partial charge in [-0.05, 0) is 26.2 Å². The van der Waals surface area contributed by atoms with Gasteiger partial charge in [0.25, 0.3) is 0 Å². The number of halogens is 2. The van der Waals surface area contributed by atoms with Gasteiger partial charge in [-0.1, -0.05) is 23.1 Å². The standard InChI is InChI=1S/C16H17F2N3O2S2/c1-8-5-21(6-9(2)23-8)14-10(7-22)4-11(12(17)13(14)18)15-19-20-16(24-3)25-15/h4,7-9H,5-6H2,1-3H3. The normalized spacial score (nSPS) is 20.8.